The summed E-state index contributed by atoms with van der Waals surface area (Å²) in [6.45, 7) is 0. The molecule has 0 amide bonds. The van der Waals surface area contributed by atoms with E-state index in [2.05, 4.69) is 10.5 Å². The number of carbonyl (C=O) groups is 1. The van der Waals surface area contributed by atoms with Gasteiger partial charge >= 0.3 is 5.97 Å². The summed E-state index contributed by atoms with van der Waals surface area (Å²) < 4.78 is 0. The van der Waals surface area contributed by atoms with Crippen LogP contribution < -0.4 is 5.43 Å². The fraction of sp³-hybridized carbons (Fsp3) is 0.0667. The number of anilines is 1. The summed E-state index contributed by atoms with van der Waals surface area (Å²) in [5.41, 5.74) is 4.37. The summed E-state index contributed by atoms with van der Waals surface area (Å²) in [7, 11) is 0. The Labute approximate surface area is 121 Å². The van der Waals surface area contributed by atoms with Crippen molar-refractivity contribution in [3.05, 3.63) is 59.7 Å². The quantitative estimate of drug-likeness (QED) is 0.501. The molecule has 0 saturated carbocycles. The molecular formula is C15H14N2O2S. The highest BCUT2D eigenvalue weighted by Gasteiger charge is 2.07. The topological polar surface area (TPSA) is 61.7 Å². The number of para-hydroxylation sites is 1. The van der Waals surface area contributed by atoms with Crippen molar-refractivity contribution in [3.8, 4) is 0 Å². The number of carboxylic acid groups (broad SMARTS) is 1. The second kappa shape index (κ2) is 6.77. The Bertz CT molecular complexity index is 624. The lowest BCUT2D eigenvalue weighted by Gasteiger charge is -2.04. The first-order valence-electron chi connectivity index (χ1n) is 5.96. The molecule has 0 aliphatic rings. The van der Waals surface area contributed by atoms with Crippen LogP contribution in [0.3, 0.4) is 0 Å². The fourth-order valence-electron chi connectivity index (χ4n) is 1.63. The molecule has 0 aromatic heterocycles. The summed E-state index contributed by atoms with van der Waals surface area (Å²) in [5, 5.41) is 13.1. The van der Waals surface area contributed by atoms with E-state index in [1.165, 1.54) is 11.0 Å². The Balaban J connectivity index is 2.08. The first kappa shape index (κ1) is 14.1. The number of nitrogens with one attached hydrogen (secondary N) is 1. The highest BCUT2D eigenvalue weighted by atomic mass is 32.2. The number of hydrogen-bond acceptors (Lipinski definition) is 4. The molecule has 0 aliphatic heterocycles. The Morgan fingerprint density at radius 1 is 1.20 bits per heavy atom. The van der Waals surface area contributed by atoms with Crippen LogP contribution in [0.5, 0.6) is 0 Å². The highest BCUT2D eigenvalue weighted by Crippen LogP contribution is 2.15. The SMILES string of the molecule is CSc1ccc(/C=N/Nc2ccccc2C(=O)O)cc1. The monoisotopic (exact) mass is 286 g/mol. The standard InChI is InChI=1S/C15H14N2O2S/c1-20-12-8-6-11(7-9-12)10-16-17-14-5-3-2-4-13(14)15(18)19/h2-10,17H,1H3,(H,18,19)/b16-10+. The van der Waals surface area contributed by atoms with E-state index in [1.54, 1.807) is 36.2 Å². The molecule has 0 radical (unpaired) electrons. The van der Waals surface area contributed by atoms with Crippen molar-refractivity contribution in [2.45, 2.75) is 4.90 Å². The van der Waals surface area contributed by atoms with Crippen LogP contribution in [0.2, 0.25) is 0 Å². The van der Waals surface area contributed by atoms with Crippen molar-refractivity contribution in [3.63, 3.8) is 0 Å². The molecule has 0 fully saturated rings. The molecule has 102 valence electrons. The Hall–Kier alpha value is -2.27. The van der Waals surface area contributed by atoms with Gasteiger partial charge in [0.1, 0.15) is 0 Å². The summed E-state index contributed by atoms with van der Waals surface area (Å²) >= 11 is 1.68. The maximum Gasteiger partial charge on any atom is 0.337 e. The number of carboxylic acids is 1. The van der Waals surface area contributed by atoms with Crippen molar-refractivity contribution in [2.75, 3.05) is 11.7 Å². The molecule has 2 aromatic carbocycles. The predicted molar refractivity (Wildman–Crippen MR) is 82.8 cm³/mol. The third-order valence-electron chi connectivity index (χ3n) is 2.67. The minimum Gasteiger partial charge on any atom is -0.478 e. The molecule has 0 unspecified atom stereocenters. The maximum absolute atomic E-state index is 11.0. The third kappa shape index (κ3) is 3.61. The molecule has 0 spiro atoms. The molecule has 5 heteroatoms. The van der Waals surface area contributed by atoms with Gasteiger partial charge < -0.3 is 5.11 Å². The predicted octanol–water partition coefficient (Wildman–Crippen LogP) is 3.55. The van der Waals surface area contributed by atoms with Crippen LogP contribution in [0, 0.1) is 0 Å². The zero-order chi connectivity index (χ0) is 14.4. The van der Waals surface area contributed by atoms with Gasteiger partial charge in [-0.05, 0) is 36.1 Å². The van der Waals surface area contributed by atoms with Crippen molar-refractivity contribution in [1.82, 2.24) is 0 Å². The molecule has 0 saturated heterocycles. The van der Waals surface area contributed by atoms with Crippen LogP contribution in [0.1, 0.15) is 15.9 Å². The lowest BCUT2D eigenvalue weighted by atomic mass is 10.2. The lowest BCUT2D eigenvalue weighted by Crippen LogP contribution is -2.02. The molecule has 4 nitrogen and oxygen atoms in total. The number of aromatic carboxylic acids is 1. The second-order valence-corrected chi connectivity index (χ2v) is 4.87. The fourth-order valence-corrected chi connectivity index (χ4v) is 2.04. The average molecular weight is 286 g/mol. The van der Waals surface area contributed by atoms with Gasteiger partial charge in [-0.2, -0.15) is 5.10 Å². The molecule has 2 N–H and O–H groups in total. The second-order valence-electron chi connectivity index (χ2n) is 3.99. The van der Waals surface area contributed by atoms with Crippen molar-refractivity contribution in [1.29, 1.82) is 0 Å². The molecule has 0 bridgehead atoms. The zero-order valence-electron chi connectivity index (χ0n) is 10.9. The van der Waals surface area contributed by atoms with E-state index in [9.17, 15) is 4.79 Å². The average Bonchev–Trinajstić information content (AvgIpc) is 2.48. The van der Waals surface area contributed by atoms with E-state index in [-0.39, 0.29) is 5.56 Å². The molecule has 20 heavy (non-hydrogen) atoms. The molecular weight excluding hydrogens is 272 g/mol. The van der Waals surface area contributed by atoms with E-state index in [4.69, 9.17) is 5.11 Å². The van der Waals surface area contributed by atoms with Crippen LogP contribution in [0.15, 0.2) is 58.5 Å². The third-order valence-corrected chi connectivity index (χ3v) is 3.42. The molecule has 0 aliphatic carbocycles. The Morgan fingerprint density at radius 2 is 1.90 bits per heavy atom. The van der Waals surface area contributed by atoms with Gasteiger partial charge in [0.15, 0.2) is 0 Å². The summed E-state index contributed by atoms with van der Waals surface area (Å²) in [4.78, 5) is 12.2. The van der Waals surface area contributed by atoms with Gasteiger partial charge in [-0.3, -0.25) is 5.43 Å². The minimum absolute atomic E-state index is 0.197. The zero-order valence-corrected chi connectivity index (χ0v) is 11.7. The molecule has 2 rings (SSSR count). The summed E-state index contributed by atoms with van der Waals surface area (Å²) in [6.07, 6.45) is 3.68. The number of benzene rings is 2. The summed E-state index contributed by atoms with van der Waals surface area (Å²) in [5.74, 6) is -0.979. The van der Waals surface area contributed by atoms with E-state index >= 15 is 0 Å². The number of nitrogens with zero attached hydrogens (tertiary/aromatic N) is 1. The van der Waals surface area contributed by atoms with Crippen LogP contribution in [-0.4, -0.2) is 23.5 Å². The van der Waals surface area contributed by atoms with E-state index in [0.29, 0.717) is 5.69 Å². The van der Waals surface area contributed by atoms with Crippen molar-refractivity contribution >= 4 is 29.6 Å². The van der Waals surface area contributed by atoms with Crippen molar-refractivity contribution in [2.24, 2.45) is 5.10 Å². The lowest BCUT2D eigenvalue weighted by molar-refractivity contribution is 0.0698. The number of hydrazone groups is 1. The van der Waals surface area contributed by atoms with Gasteiger partial charge in [0.25, 0.3) is 0 Å². The van der Waals surface area contributed by atoms with E-state index < -0.39 is 5.97 Å². The first-order valence-corrected chi connectivity index (χ1v) is 7.18. The first-order chi connectivity index (χ1) is 9.70. The van der Waals surface area contributed by atoms with Crippen LogP contribution >= 0.6 is 11.8 Å². The molecule has 2 aromatic rings. The Kier molecular flexibility index (Phi) is 4.79. The van der Waals surface area contributed by atoms with E-state index in [0.717, 1.165) is 5.56 Å². The minimum atomic E-state index is -0.979. The van der Waals surface area contributed by atoms with Gasteiger partial charge in [0.05, 0.1) is 17.5 Å². The van der Waals surface area contributed by atoms with Crippen LogP contribution in [0.4, 0.5) is 5.69 Å². The van der Waals surface area contributed by atoms with Gasteiger partial charge in [-0.1, -0.05) is 24.3 Å². The summed E-state index contributed by atoms with van der Waals surface area (Å²) in [6, 6.07) is 14.6. The number of rotatable bonds is 5. The number of hydrogen-bond donors (Lipinski definition) is 2. The van der Waals surface area contributed by atoms with Crippen molar-refractivity contribution < 1.29 is 9.90 Å². The van der Waals surface area contributed by atoms with Crippen LogP contribution in [-0.2, 0) is 0 Å². The van der Waals surface area contributed by atoms with Gasteiger partial charge in [0.2, 0.25) is 0 Å². The maximum atomic E-state index is 11.0. The largest absolute Gasteiger partial charge is 0.478 e. The highest BCUT2D eigenvalue weighted by molar-refractivity contribution is 7.98. The van der Waals surface area contributed by atoms with Crippen LogP contribution in [0.25, 0.3) is 0 Å². The Morgan fingerprint density at radius 3 is 2.55 bits per heavy atom. The normalized spacial score (nSPS) is 10.7. The smallest absolute Gasteiger partial charge is 0.337 e. The van der Waals surface area contributed by atoms with E-state index in [1.807, 2.05) is 30.5 Å². The van der Waals surface area contributed by atoms with Gasteiger partial charge in [0, 0.05) is 4.90 Å². The molecule has 0 heterocycles. The van der Waals surface area contributed by atoms with Gasteiger partial charge in [-0.25, -0.2) is 4.79 Å². The number of thioether (sulfide) groups is 1. The molecule has 0 atom stereocenters. The van der Waals surface area contributed by atoms with Gasteiger partial charge in [-0.15, -0.1) is 11.8 Å².